The number of hydrogen-bond acceptors (Lipinski definition) is 3. The van der Waals surface area contributed by atoms with E-state index in [1.807, 2.05) is 0 Å². The highest BCUT2D eigenvalue weighted by molar-refractivity contribution is 7.17. The minimum Gasteiger partial charge on any atom is -0.353 e. The van der Waals surface area contributed by atoms with Gasteiger partial charge in [-0.05, 0) is 37.8 Å². The van der Waals surface area contributed by atoms with Crippen molar-refractivity contribution in [3.05, 3.63) is 21.3 Å². The summed E-state index contributed by atoms with van der Waals surface area (Å²) in [5, 5.41) is 3.03. The maximum Gasteiger partial charge on any atom is 0.263 e. The monoisotopic (exact) mass is 312 g/mol. The van der Waals surface area contributed by atoms with Gasteiger partial charge in [-0.3, -0.25) is 9.59 Å². The summed E-state index contributed by atoms with van der Waals surface area (Å²) in [6.07, 6.45) is 3.94. The van der Waals surface area contributed by atoms with Crippen molar-refractivity contribution in [2.45, 2.75) is 31.7 Å². The van der Waals surface area contributed by atoms with E-state index in [4.69, 9.17) is 11.6 Å². The van der Waals surface area contributed by atoms with E-state index in [0.29, 0.717) is 21.8 Å². The molecular weight excluding hydrogens is 296 g/mol. The molecule has 1 unspecified atom stereocenters. The Balaban J connectivity index is 1.62. The number of hydrogen-bond donors (Lipinski definition) is 1. The molecule has 6 heteroatoms. The molecule has 0 aromatic carbocycles. The van der Waals surface area contributed by atoms with E-state index in [1.54, 1.807) is 17.0 Å². The van der Waals surface area contributed by atoms with Gasteiger partial charge in [0.2, 0.25) is 5.91 Å². The highest BCUT2D eigenvalue weighted by Crippen LogP contribution is 2.26. The third-order valence-corrected chi connectivity index (χ3v) is 5.01. The van der Waals surface area contributed by atoms with Crippen molar-refractivity contribution in [1.29, 1.82) is 0 Å². The zero-order valence-corrected chi connectivity index (χ0v) is 12.7. The zero-order chi connectivity index (χ0) is 14.1. The van der Waals surface area contributed by atoms with Crippen LogP contribution in [-0.4, -0.2) is 35.8 Å². The van der Waals surface area contributed by atoms with Crippen molar-refractivity contribution in [3.63, 3.8) is 0 Å². The molecule has 2 heterocycles. The van der Waals surface area contributed by atoms with Crippen molar-refractivity contribution in [1.82, 2.24) is 10.2 Å². The van der Waals surface area contributed by atoms with Crippen LogP contribution in [0.2, 0.25) is 4.34 Å². The summed E-state index contributed by atoms with van der Waals surface area (Å²) in [4.78, 5) is 26.9. The molecule has 2 fully saturated rings. The lowest BCUT2D eigenvalue weighted by Gasteiger charge is -2.31. The lowest BCUT2D eigenvalue weighted by Crippen LogP contribution is -2.45. The standard InChI is InChI=1S/C14H17ClN2O2S/c15-12-6-5-11(20-12)14(19)17-7-1-2-9(8-17)13(18)16-10-3-4-10/h5-6,9-10H,1-4,7-8H2,(H,16,18). The molecule has 0 radical (unpaired) electrons. The molecule has 20 heavy (non-hydrogen) atoms. The van der Waals surface area contributed by atoms with Gasteiger partial charge in [-0.1, -0.05) is 11.6 Å². The summed E-state index contributed by atoms with van der Waals surface area (Å²) in [6, 6.07) is 3.87. The molecule has 1 N–H and O–H groups in total. The SMILES string of the molecule is O=C(NC1CC1)C1CCCN(C(=O)c2ccc(Cl)s2)C1. The quantitative estimate of drug-likeness (QED) is 0.932. The van der Waals surface area contributed by atoms with Gasteiger partial charge in [-0.25, -0.2) is 0 Å². The Labute approximate surface area is 127 Å². The van der Waals surface area contributed by atoms with Crippen molar-refractivity contribution < 1.29 is 9.59 Å². The van der Waals surface area contributed by atoms with Gasteiger partial charge in [-0.2, -0.15) is 0 Å². The number of halogens is 1. The van der Waals surface area contributed by atoms with Crippen LogP contribution in [0.5, 0.6) is 0 Å². The topological polar surface area (TPSA) is 49.4 Å². The van der Waals surface area contributed by atoms with E-state index >= 15 is 0 Å². The number of nitrogens with zero attached hydrogens (tertiary/aromatic N) is 1. The molecule has 0 bridgehead atoms. The normalized spacial score (nSPS) is 22.6. The smallest absolute Gasteiger partial charge is 0.263 e. The second kappa shape index (κ2) is 5.74. The maximum absolute atomic E-state index is 12.4. The van der Waals surface area contributed by atoms with Crippen LogP contribution in [0.25, 0.3) is 0 Å². The Morgan fingerprint density at radius 2 is 2.10 bits per heavy atom. The van der Waals surface area contributed by atoms with Gasteiger partial charge in [0.05, 0.1) is 15.1 Å². The number of thiophene rings is 1. The number of rotatable bonds is 3. The first-order valence-electron chi connectivity index (χ1n) is 6.98. The summed E-state index contributed by atoms with van der Waals surface area (Å²) in [7, 11) is 0. The third-order valence-electron chi connectivity index (χ3n) is 3.79. The molecule has 1 aliphatic heterocycles. The highest BCUT2D eigenvalue weighted by atomic mass is 35.5. The van der Waals surface area contributed by atoms with E-state index in [2.05, 4.69) is 5.32 Å². The minimum absolute atomic E-state index is 0.00850. The molecule has 0 spiro atoms. The molecule has 1 aromatic heterocycles. The number of carbonyl (C=O) groups excluding carboxylic acids is 2. The van der Waals surface area contributed by atoms with Gasteiger partial charge < -0.3 is 10.2 Å². The molecule has 1 aliphatic carbocycles. The van der Waals surface area contributed by atoms with E-state index in [1.165, 1.54) is 11.3 Å². The fourth-order valence-electron chi connectivity index (χ4n) is 2.51. The van der Waals surface area contributed by atoms with E-state index in [9.17, 15) is 9.59 Å². The van der Waals surface area contributed by atoms with E-state index in [-0.39, 0.29) is 17.7 Å². The molecule has 3 rings (SSSR count). The predicted molar refractivity (Wildman–Crippen MR) is 79.1 cm³/mol. The van der Waals surface area contributed by atoms with Gasteiger partial charge in [-0.15, -0.1) is 11.3 Å². The van der Waals surface area contributed by atoms with Crippen LogP contribution < -0.4 is 5.32 Å². The van der Waals surface area contributed by atoms with Gasteiger partial charge in [0, 0.05) is 19.1 Å². The second-order valence-electron chi connectivity index (χ2n) is 5.48. The van der Waals surface area contributed by atoms with Crippen LogP contribution in [0.4, 0.5) is 0 Å². The summed E-state index contributed by atoms with van der Waals surface area (Å²) in [5.74, 6) is 0.0313. The van der Waals surface area contributed by atoms with Crippen LogP contribution in [0.1, 0.15) is 35.4 Å². The van der Waals surface area contributed by atoms with E-state index in [0.717, 1.165) is 32.2 Å². The first kappa shape index (κ1) is 13.9. The van der Waals surface area contributed by atoms with Crippen molar-refractivity contribution in [3.8, 4) is 0 Å². The molecular formula is C14H17ClN2O2S. The Morgan fingerprint density at radius 1 is 1.30 bits per heavy atom. The Kier molecular flexibility index (Phi) is 3.98. The molecule has 108 valence electrons. The molecule has 1 atom stereocenters. The van der Waals surface area contributed by atoms with Crippen molar-refractivity contribution in [2.75, 3.05) is 13.1 Å². The second-order valence-corrected chi connectivity index (χ2v) is 7.19. The molecule has 1 aromatic rings. The number of piperidine rings is 1. The van der Waals surface area contributed by atoms with Gasteiger partial charge >= 0.3 is 0 Å². The average molecular weight is 313 g/mol. The summed E-state index contributed by atoms with van der Waals surface area (Å²) >= 11 is 7.16. The summed E-state index contributed by atoms with van der Waals surface area (Å²) < 4.78 is 0.619. The number of likely N-dealkylation sites (tertiary alicyclic amines) is 1. The fourth-order valence-corrected chi connectivity index (χ4v) is 3.52. The first-order chi connectivity index (χ1) is 9.63. The number of amides is 2. The third kappa shape index (κ3) is 3.15. The predicted octanol–water partition coefficient (Wildman–Crippen LogP) is 2.53. The Hall–Kier alpha value is -1.07. The van der Waals surface area contributed by atoms with E-state index < -0.39 is 0 Å². The van der Waals surface area contributed by atoms with Crippen LogP contribution in [0.3, 0.4) is 0 Å². The fraction of sp³-hybridized carbons (Fsp3) is 0.571. The number of carbonyl (C=O) groups is 2. The first-order valence-corrected chi connectivity index (χ1v) is 8.18. The maximum atomic E-state index is 12.4. The average Bonchev–Trinajstić information content (AvgIpc) is 3.17. The Bertz CT molecular complexity index is 527. The minimum atomic E-state index is -0.0660. The van der Waals surface area contributed by atoms with Gasteiger partial charge in [0.1, 0.15) is 0 Å². The van der Waals surface area contributed by atoms with Gasteiger partial charge in [0.15, 0.2) is 0 Å². The molecule has 4 nitrogen and oxygen atoms in total. The lowest BCUT2D eigenvalue weighted by molar-refractivity contribution is -0.126. The molecule has 1 saturated heterocycles. The van der Waals surface area contributed by atoms with Crippen LogP contribution in [0.15, 0.2) is 12.1 Å². The van der Waals surface area contributed by atoms with Crippen molar-refractivity contribution in [2.24, 2.45) is 5.92 Å². The molecule has 2 aliphatic rings. The molecule has 1 saturated carbocycles. The van der Waals surface area contributed by atoms with Crippen molar-refractivity contribution >= 4 is 34.8 Å². The molecule has 2 amide bonds. The lowest BCUT2D eigenvalue weighted by atomic mass is 9.97. The zero-order valence-electron chi connectivity index (χ0n) is 11.1. The highest BCUT2D eigenvalue weighted by Gasteiger charge is 2.32. The largest absolute Gasteiger partial charge is 0.353 e. The van der Waals surface area contributed by atoms with Crippen LogP contribution in [-0.2, 0) is 4.79 Å². The number of nitrogens with one attached hydrogen (secondary N) is 1. The summed E-state index contributed by atoms with van der Waals surface area (Å²) in [6.45, 7) is 1.24. The summed E-state index contributed by atoms with van der Waals surface area (Å²) in [5.41, 5.74) is 0. The van der Waals surface area contributed by atoms with Crippen LogP contribution in [0, 0.1) is 5.92 Å². The Morgan fingerprint density at radius 3 is 2.75 bits per heavy atom. The van der Waals surface area contributed by atoms with Gasteiger partial charge in [0.25, 0.3) is 5.91 Å². The van der Waals surface area contributed by atoms with Crippen LogP contribution >= 0.6 is 22.9 Å².